The van der Waals surface area contributed by atoms with E-state index < -0.39 is 41.7 Å². The standard InChI is InChI=1S/C36H49N3O7/c1-3-5-18-29(41)37-24-28(25-14-8-6-9-15-25)45-35(44)30-27-19-20-36(46-27)31(30)33(42)39(22-12-13-23-40)32(36)34(43)38(21-4-2)26-16-10-7-11-17-26/h3-4,6,8-9,14-15,26-28,30-32,40H,1-2,5,7,10-13,16-24H2,(H,37,41)/t27-,28-,30+,31+,32-,36+/m1/s1. The van der Waals surface area contributed by atoms with E-state index in [2.05, 4.69) is 18.5 Å². The number of hydrogen-bond donors (Lipinski definition) is 2. The van der Waals surface area contributed by atoms with Gasteiger partial charge >= 0.3 is 5.97 Å². The van der Waals surface area contributed by atoms with Crippen LogP contribution in [0.25, 0.3) is 0 Å². The quantitative estimate of drug-likeness (QED) is 0.161. The van der Waals surface area contributed by atoms with Gasteiger partial charge in [0, 0.05) is 32.2 Å². The molecule has 2 bridgehead atoms. The highest BCUT2D eigenvalue weighted by Gasteiger charge is 2.75. The summed E-state index contributed by atoms with van der Waals surface area (Å²) in [5.74, 6) is -2.87. The Bertz CT molecular complexity index is 1270. The molecule has 10 heteroatoms. The lowest BCUT2D eigenvalue weighted by atomic mass is 9.70. The van der Waals surface area contributed by atoms with Crippen LogP contribution in [0.15, 0.2) is 55.6 Å². The zero-order valence-electron chi connectivity index (χ0n) is 26.8. The lowest BCUT2D eigenvalue weighted by Gasteiger charge is -2.40. The van der Waals surface area contributed by atoms with E-state index in [1.54, 1.807) is 17.1 Å². The molecule has 46 heavy (non-hydrogen) atoms. The van der Waals surface area contributed by atoms with Crippen molar-refractivity contribution in [1.82, 2.24) is 15.1 Å². The molecule has 3 heterocycles. The number of allylic oxidation sites excluding steroid dienone is 1. The van der Waals surface area contributed by atoms with E-state index in [9.17, 15) is 24.3 Å². The third-order valence-corrected chi connectivity index (χ3v) is 10.2. The summed E-state index contributed by atoms with van der Waals surface area (Å²) < 4.78 is 12.8. The summed E-state index contributed by atoms with van der Waals surface area (Å²) in [7, 11) is 0. The van der Waals surface area contributed by atoms with Gasteiger partial charge in [0.1, 0.15) is 17.7 Å². The number of hydrogen-bond acceptors (Lipinski definition) is 7. The topological polar surface area (TPSA) is 125 Å². The van der Waals surface area contributed by atoms with E-state index in [1.165, 1.54) is 0 Å². The average Bonchev–Trinajstić information content (AvgIpc) is 3.72. The first kappa shape index (κ1) is 33.9. The number of carbonyl (C=O) groups excluding carboxylic acids is 4. The van der Waals surface area contributed by atoms with Crippen LogP contribution in [-0.2, 0) is 28.7 Å². The maximum atomic E-state index is 14.6. The van der Waals surface area contributed by atoms with E-state index in [4.69, 9.17) is 9.47 Å². The smallest absolute Gasteiger partial charge is 0.313 e. The van der Waals surface area contributed by atoms with E-state index in [0.29, 0.717) is 45.2 Å². The number of benzene rings is 1. The van der Waals surface area contributed by atoms with Gasteiger partial charge in [-0.15, -0.1) is 13.2 Å². The highest BCUT2D eigenvalue weighted by molar-refractivity contribution is 5.98. The summed E-state index contributed by atoms with van der Waals surface area (Å²) in [5, 5.41) is 12.3. The van der Waals surface area contributed by atoms with Gasteiger partial charge in [-0.3, -0.25) is 19.2 Å². The van der Waals surface area contributed by atoms with E-state index in [1.807, 2.05) is 35.2 Å². The molecule has 0 radical (unpaired) electrons. The largest absolute Gasteiger partial charge is 0.455 e. The number of esters is 1. The summed E-state index contributed by atoms with van der Waals surface area (Å²) >= 11 is 0. The summed E-state index contributed by atoms with van der Waals surface area (Å²) in [6, 6.07) is 8.43. The van der Waals surface area contributed by atoms with Gasteiger partial charge in [-0.05, 0) is 50.5 Å². The van der Waals surface area contributed by atoms with Crippen molar-refractivity contribution >= 4 is 23.7 Å². The number of rotatable bonds is 16. The molecule has 1 aliphatic carbocycles. The summed E-state index contributed by atoms with van der Waals surface area (Å²) in [5.41, 5.74) is -0.403. The van der Waals surface area contributed by atoms with Crippen LogP contribution in [-0.4, -0.2) is 88.6 Å². The van der Waals surface area contributed by atoms with Crippen LogP contribution in [0, 0.1) is 11.8 Å². The Labute approximate surface area is 272 Å². The maximum absolute atomic E-state index is 14.6. The molecule has 4 aliphatic rings. The predicted octanol–water partition coefficient (Wildman–Crippen LogP) is 3.85. The number of nitrogens with one attached hydrogen (secondary N) is 1. The Morgan fingerprint density at radius 3 is 2.57 bits per heavy atom. The molecular formula is C36H49N3O7. The summed E-state index contributed by atoms with van der Waals surface area (Å²) in [6.07, 6.45) is 10.0. The Morgan fingerprint density at radius 1 is 1.11 bits per heavy atom. The van der Waals surface area contributed by atoms with Crippen molar-refractivity contribution < 1.29 is 33.8 Å². The maximum Gasteiger partial charge on any atom is 0.313 e. The molecule has 10 nitrogen and oxygen atoms in total. The van der Waals surface area contributed by atoms with E-state index in [0.717, 1.165) is 37.7 Å². The number of fused-ring (bicyclic) bond motifs is 1. The van der Waals surface area contributed by atoms with Crippen molar-refractivity contribution in [3.8, 4) is 0 Å². The predicted molar refractivity (Wildman–Crippen MR) is 172 cm³/mol. The van der Waals surface area contributed by atoms with Gasteiger partial charge < -0.3 is 29.7 Å². The minimum absolute atomic E-state index is 0.0155. The first-order valence-corrected chi connectivity index (χ1v) is 17.0. The molecule has 1 saturated carbocycles. The number of likely N-dealkylation sites (tertiary alicyclic amines) is 1. The molecule has 5 rings (SSSR count). The molecule has 0 unspecified atom stereocenters. The molecule has 250 valence electrons. The van der Waals surface area contributed by atoms with Gasteiger partial charge in [-0.2, -0.15) is 0 Å². The zero-order chi connectivity index (χ0) is 32.7. The molecular weight excluding hydrogens is 586 g/mol. The van der Waals surface area contributed by atoms with Gasteiger partial charge in [0.15, 0.2) is 0 Å². The van der Waals surface area contributed by atoms with Gasteiger partial charge in [0.25, 0.3) is 0 Å². The normalized spacial score (nSPS) is 27.6. The van der Waals surface area contributed by atoms with Crippen LogP contribution in [0.4, 0.5) is 0 Å². The number of ether oxygens (including phenoxy) is 2. The van der Waals surface area contributed by atoms with Crippen LogP contribution >= 0.6 is 0 Å². The van der Waals surface area contributed by atoms with Crippen LogP contribution in [0.3, 0.4) is 0 Å². The third-order valence-electron chi connectivity index (χ3n) is 10.2. The fraction of sp³-hybridized carbons (Fsp3) is 0.611. The van der Waals surface area contributed by atoms with E-state index in [-0.39, 0.29) is 43.3 Å². The van der Waals surface area contributed by atoms with Gasteiger partial charge in [0.2, 0.25) is 17.7 Å². The van der Waals surface area contributed by atoms with Crippen LogP contribution < -0.4 is 5.32 Å². The summed E-state index contributed by atoms with van der Waals surface area (Å²) in [6.45, 7) is 8.32. The molecule has 3 saturated heterocycles. The monoisotopic (exact) mass is 635 g/mol. The third kappa shape index (κ3) is 6.79. The van der Waals surface area contributed by atoms with Gasteiger partial charge in [-0.1, -0.05) is 61.7 Å². The molecule has 0 aromatic heterocycles. The van der Waals surface area contributed by atoms with Crippen LogP contribution in [0.5, 0.6) is 0 Å². The van der Waals surface area contributed by atoms with Crippen molar-refractivity contribution in [2.75, 3.05) is 26.2 Å². The second kappa shape index (κ2) is 15.4. The number of aliphatic hydroxyl groups is 1. The second-order valence-electron chi connectivity index (χ2n) is 13.1. The average molecular weight is 636 g/mol. The Balaban J connectivity index is 1.42. The van der Waals surface area contributed by atoms with E-state index >= 15 is 0 Å². The van der Waals surface area contributed by atoms with Crippen molar-refractivity contribution in [3.05, 3.63) is 61.2 Å². The van der Waals surface area contributed by atoms with Crippen molar-refractivity contribution in [2.24, 2.45) is 11.8 Å². The van der Waals surface area contributed by atoms with Crippen molar-refractivity contribution in [2.45, 2.75) is 101 Å². The molecule has 2 N–H and O–H groups in total. The minimum Gasteiger partial charge on any atom is -0.455 e. The number of unbranched alkanes of at least 4 members (excludes halogenated alkanes) is 1. The summed E-state index contributed by atoms with van der Waals surface area (Å²) in [4.78, 5) is 59.0. The SMILES string of the molecule is C=CCCC(=O)NC[C@@H](OC(=O)[C@@H]1[C@H]2C(=O)N(CCCCO)[C@H](C(=O)N(CC=C)C3CCCCC3)[C@]23CC[C@H]1O3)c1ccccc1. The zero-order valence-corrected chi connectivity index (χ0v) is 26.8. The van der Waals surface area contributed by atoms with Crippen LogP contribution in [0.2, 0.25) is 0 Å². The Hall–Kier alpha value is -3.50. The highest BCUT2D eigenvalue weighted by atomic mass is 16.6. The first-order chi connectivity index (χ1) is 22.4. The number of carbonyl (C=O) groups is 4. The number of amides is 3. The second-order valence-corrected chi connectivity index (χ2v) is 13.1. The first-order valence-electron chi connectivity index (χ1n) is 17.0. The van der Waals surface area contributed by atoms with Crippen LogP contribution in [0.1, 0.15) is 82.3 Å². The molecule has 1 spiro atoms. The molecule has 4 fully saturated rings. The van der Waals surface area contributed by atoms with Gasteiger partial charge in [0.05, 0.1) is 24.5 Å². The van der Waals surface area contributed by atoms with Crippen molar-refractivity contribution in [3.63, 3.8) is 0 Å². The fourth-order valence-corrected chi connectivity index (χ4v) is 8.08. The molecule has 1 aromatic carbocycles. The molecule has 3 aliphatic heterocycles. The Morgan fingerprint density at radius 2 is 1.87 bits per heavy atom. The minimum atomic E-state index is -1.13. The number of nitrogens with zero attached hydrogens (tertiary/aromatic N) is 2. The lowest BCUT2D eigenvalue weighted by Crippen LogP contribution is -2.58. The fourth-order valence-electron chi connectivity index (χ4n) is 8.08. The molecule has 3 amide bonds. The lowest BCUT2D eigenvalue weighted by molar-refractivity contribution is -0.160. The van der Waals surface area contributed by atoms with Crippen molar-refractivity contribution in [1.29, 1.82) is 0 Å². The van der Waals surface area contributed by atoms with Gasteiger partial charge in [-0.25, -0.2) is 0 Å². The molecule has 6 atom stereocenters. The number of aliphatic hydroxyl groups excluding tert-OH is 1. The highest BCUT2D eigenvalue weighted by Crippen LogP contribution is 2.59. The Kier molecular flexibility index (Phi) is 11.3. The molecule has 1 aromatic rings.